The number of nitrogens with zero attached hydrogens (tertiary/aromatic N) is 3. The maximum atomic E-state index is 13.5. The number of anilines is 3. The number of likely N-dealkylation sites (tertiary alicyclic amines) is 1. The summed E-state index contributed by atoms with van der Waals surface area (Å²) in [6, 6.07) is 7.89. The van der Waals surface area contributed by atoms with E-state index in [1.165, 1.54) is 0 Å². The number of aliphatic imine (C=N–C) groups is 1. The van der Waals surface area contributed by atoms with Gasteiger partial charge in [0.15, 0.2) is 0 Å². The van der Waals surface area contributed by atoms with E-state index in [2.05, 4.69) is 61.0 Å². The highest BCUT2D eigenvalue weighted by atomic mass is 32.1. The maximum Gasteiger partial charge on any atom is 0.231 e. The predicted octanol–water partition coefficient (Wildman–Crippen LogP) is 4.39. The summed E-state index contributed by atoms with van der Waals surface area (Å²) in [4.78, 5) is 35.7. The minimum absolute atomic E-state index is 0.132. The zero-order valence-electron chi connectivity index (χ0n) is 25.5. The number of hydrogen-bond acceptors (Lipinski definition) is 8. The third kappa shape index (κ3) is 10.7. The first-order chi connectivity index (χ1) is 19.5. The molecule has 6 N–H and O–H groups in total. The van der Waals surface area contributed by atoms with E-state index in [1.54, 1.807) is 12.5 Å². The van der Waals surface area contributed by atoms with Gasteiger partial charge in [0, 0.05) is 37.1 Å². The zero-order valence-corrected chi connectivity index (χ0v) is 26.4. The smallest absolute Gasteiger partial charge is 0.231 e. The van der Waals surface area contributed by atoms with Crippen LogP contribution in [0.5, 0.6) is 0 Å². The van der Waals surface area contributed by atoms with Crippen molar-refractivity contribution in [2.75, 3.05) is 49.7 Å². The Morgan fingerprint density at radius 3 is 2.63 bits per heavy atom. The molecule has 9 nitrogen and oxygen atoms in total. The van der Waals surface area contributed by atoms with Crippen molar-refractivity contribution in [2.45, 2.75) is 65.3 Å². The van der Waals surface area contributed by atoms with Crippen LogP contribution in [0.2, 0.25) is 0 Å². The van der Waals surface area contributed by atoms with Crippen molar-refractivity contribution in [3.63, 3.8) is 0 Å². The number of nitrogen functional groups attached to an aromatic ring is 2. The van der Waals surface area contributed by atoms with Gasteiger partial charge in [0.2, 0.25) is 12.3 Å². The van der Waals surface area contributed by atoms with Gasteiger partial charge < -0.3 is 27.0 Å². The standard InChI is InChI=1S/C30H45N7O2.CH4S/c1-6-21-11-24(16-35-28(21)32)36-29(39)26(10-7-20(2)14-33-19-38)22-8-9-23(27(31)12-22)15-34-25-13-30(3,4)18-37(5)17-25;1-2/h8-9,11-12,15-16,19-20,25-26H,6-7,10,13-14,17-18,31H2,1-5H3,(H2,32,35)(H,33,38)(H,36,39);2H,1H3/t20?,25?,26-;/m1./s1. The number of likely N-dealkylation sites (N-methyl/N-ethyl adjacent to an activating group) is 1. The van der Waals surface area contributed by atoms with E-state index in [9.17, 15) is 9.59 Å². The Morgan fingerprint density at radius 2 is 2.00 bits per heavy atom. The molecule has 0 saturated carbocycles. The second-order valence-corrected chi connectivity index (χ2v) is 11.8. The van der Waals surface area contributed by atoms with Gasteiger partial charge >= 0.3 is 0 Å². The molecule has 2 unspecified atom stereocenters. The van der Waals surface area contributed by atoms with Gasteiger partial charge in [-0.3, -0.25) is 14.6 Å². The van der Waals surface area contributed by atoms with Crippen molar-refractivity contribution in [1.29, 1.82) is 0 Å². The largest absolute Gasteiger partial charge is 0.398 e. The first-order valence-electron chi connectivity index (χ1n) is 14.3. The summed E-state index contributed by atoms with van der Waals surface area (Å²) in [6.45, 7) is 11.2. The van der Waals surface area contributed by atoms with Crippen molar-refractivity contribution < 1.29 is 9.59 Å². The number of benzene rings is 1. The second-order valence-electron chi connectivity index (χ2n) is 11.8. The summed E-state index contributed by atoms with van der Waals surface area (Å²) >= 11 is 3.53. The number of aromatic nitrogens is 1. The molecule has 1 aromatic carbocycles. The number of piperidine rings is 1. The fraction of sp³-hybridized carbons (Fsp3) is 0.548. The van der Waals surface area contributed by atoms with Crippen LogP contribution in [0, 0.1) is 11.3 Å². The van der Waals surface area contributed by atoms with Crippen molar-refractivity contribution in [3.05, 3.63) is 47.2 Å². The fourth-order valence-corrected chi connectivity index (χ4v) is 5.49. The average molecular weight is 584 g/mol. The minimum Gasteiger partial charge on any atom is -0.398 e. The summed E-state index contributed by atoms with van der Waals surface area (Å²) in [5.41, 5.74) is 16.4. The number of nitrogens with two attached hydrogens (primary N) is 2. The first-order valence-corrected chi connectivity index (χ1v) is 15.2. The predicted molar refractivity (Wildman–Crippen MR) is 175 cm³/mol. The van der Waals surface area contributed by atoms with Crippen LogP contribution >= 0.6 is 12.6 Å². The van der Waals surface area contributed by atoms with Crippen LogP contribution < -0.4 is 22.1 Å². The topological polar surface area (TPSA) is 139 Å². The maximum absolute atomic E-state index is 13.5. The summed E-state index contributed by atoms with van der Waals surface area (Å²) in [7, 11) is 2.14. The number of aryl methyl sites for hydroxylation is 1. The van der Waals surface area contributed by atoms with Crippen molar-refractivity contribution in [2.24, 2.45) is 16.3 Å². The highest BCUT2D eigenvalue weighted by Gasteiger charge is 2.30. The van der Waals surface area contributed by atoms with E-state index < -0.39 is 5.92 Å². The molecular formula is C31H49N7O2S. The molecule has 41 heavy (non-hydrogen) atoms. The number of carbonyl (C=O) groups is 2. The quantitative estimate of drug-likeness (QED) is 0.109. The zero-order chi connectivity index (χ0) is 30.6. The molecule has 0 bridgehead atoms. The van der Waals surface area contributed by atoms with E-state index in [1.807, 2.05) is 37.4 Å². The molecule has 1 saturated heterocycles. The SMILES string of the molecule is CCc1cc(NC(=O)[C@H](CCC(C)CNC=O)c2ccc(C=NC3CN(C)CC(C)(C)C3)c(N)c2)cnc1N.CS. The number of thiol groups is 1. The third-order valence-electron chi connectivity index (χ3n) is 7.41. The van der Waals surface area contributed by atoms with Crippen LogP contribution in [0.1, 0.15) is 69.6 Å². The molecule has 3 rings (SSSR count). The Kier molecular flexibility index (Phi) is 13.6. The molecule has 3 atom stereocenters. The summed E-state index contributed by atoms with van der Waals surface area (Å²) in [5.74, 6) is 0.133. The highest BCUT2D eigenvalue weighted by Crippen LogP contribution is 2.31. The Labute approximate surface area is 251 Å². The number of pyridine rings is 1. The van der Waals surface area contributed by atoms with Gasteiger partial charge in [-0.05, 0) is 73.6 Å². The molecule has 0 spiro atoms. The minimum atomic E-state index is -0.424. The monoisotopic (exact) mass is 583 g/mol. The van der Waals surface area contributed by atoms with Crippen LogP contribution in [-0.2, 0) is 16.0 Å². The molecule has 226 valence electrons. The van der Waals surface area contributed by atoms with Gasteiger partial charge in [0.25, 0.3) is 0 Å². The van der Waals surface area contributed by atoms with Gasteiger partial charge in [0.05, 0.1) is 23.8 Å². The molecule has 1 aliphatic rings. The lowest BCUT2D eigenvalue weighted by atomic mass is 9.82. The Morgan fingerprint density at radius 1 is 1.27 bits per heavy atom. The van der Waals surface area contributed by atoms with E-state index in [4.69, 9.17) is 16.5 Å². The lowest BCUT2D eigenvalue weighted by molar-refractivity contribution is -0.118. The van der Waals surface area contributed by atoms with Crippen LogP contribution in [0.15, 0.2) is 35.5 Å². The van der Waals surface area contributed by atoms with E-state index in [-0.39, 0.29) is 23.3 Å². The van der Waals surface area contributed by atoms with E-state index in [0.29, 0.717) is 36.6 Å². The molecule has 0 radical (unpaired) electrons. The van der Waals surface area contributed by atoms with Gasteiger partial charge in [0.1, 0.15) is 5.82 Å². The molecule has 1 aromatic heterocycles. The molecule has 2 amide bonds. The fourth-order valence-electron chi connectivity index (χ4n) is 5.49. The average Bonchev–Trinajstić information content (AvgIpc) is 2.92. The van der Waals surface area contributed by atoms with Gasteiger partial charge in [-0.15, -0.1) is 0 Å². The Balaban J connectivity index is 0.00000287. The molecule has 10 heteroatoms. The number of nitrogens with one attached hydrogen (secondary N) is 2. The molecule has 2 aromatic rings. The van der Waals surface area contributed by atoms with Crippen molar-refractivity contribution in [1.82, 2.24) is 15.2 Å². The molecule has 1 fully saturated rings. The number of rotatable bonds is 12. The molecular weight excluding hydrogens is 534 g/mol. The van der Waals surface area contributed by atoms with Crippen LogP contribution in [0.25, 0.3) is 0 Å². The van der Waals surface area contributed by atoms with Gasteiger partial charge in [-0.25, -0.2) is 4.98 Å². The second kappa shape index (κ2) is 16.4. The Hall–Kier alpha value is -3.11. The third-order valence-corrected chi connectivity index (χ3v) is 7.41. The van der Waals surface area contributed by atoms with Crippen LogP contribution in [0.3, 0.4) is 0 Å². The van der Waals surface area contributed by atoms with E-state index >= 15 is 0 Å². The van der Waals surface area contributed by atoms with E-state index in [0.717, 1.165) is 49.0 Å². The number of amides is 2. The Bertz CT molecular complexity index is 1170. The normalized spacial score (nSPS) is 18.2. The summed E-state index contributed by atoms with van der Waals surface area (Å²) < 4.78 is 0. The number of carbonyl (C=O) groups excluding carboxylic acids is 2. The van der Waals surface area contributed by atoms with Gasteiger partial charge in [-0.2, -0.15) is 12.6 Å². The van der Waals surface area contributed by atoms with Crippen molar-refractivity contribution >= 4 is 48.4 Å². The van der Waals surface area contributed by atoms with Crippen molar-refractivity contribution in [3.8, 4) is 0 Å². The first kappa shape index (κ1) is 34.1. The summed E-state index contributed by atoms with van der Waals surface area (Å²) in [6.07, 6.45) is 8.96. The molecule has 0 aliphatic carbocycles. The lowest BCUT2D eigenvalue weighted by Crippen LogP contribution is -2.44. The van der Waals surface area contributed by atoms with Crippen LogP contribution in [-0.4, -0.2) is 67.4 Å². The van der Waals surface area contributed by atoms with Crippen LogP contribution in [0.4, 0.5) is 17.2 Å². The number of hydrogen-bond donors (Lipinski definition) is 5. The molecule has 2 heterocycles. The lowest BCUT2D eigenvalue weighted by Gasteiger charge is -2.39. The summed E-state index contributed by atoms with van der Waals surface area (Å²) in [5, 5.41) is 5.75. The molecule has 1 aliphatic heterocycles. The van der Waals surface area contributed by atoms with Gasteiger partial charge in [-0.1, -0.05) is 39.8 Å². The highest BCUT2D eigenvalue weighted by molar-refractivity contribution is 7.79.